The summed E-state index contributed by atoms with van der Waals surface area (Å²) in [6.45, 7) is 3.02. The van der Waals surface area contributed by atoms with E-state index in [1.54, 1.807) is 0 Å². The standard InChI is InChI=1S/C14H22N2O8S/c1-6(2)10(12(20)21)24-13(22)9(14(23)25)16-8(17)5-3-4-7(15)11(18)19/h6-7,9-10H,3-5,15H2,1-2H3,(H,16,17)(H,18,19)(H,20,21)(H,23,25). The fourth-order valence-electron chi connectivity index (χ4n) is 1.73. The van der Waals surface area contributed by atoms with Gasteiger partial charge in [0.05, 0.1) is 0 Å². The van der Waals surface area contributed by atoms with E-state index >= 15 is 0 Å². The highest BCUT2D eigenvalue weighted by Crippen LogP contribution is 2.10. The number of carbonyl (C=O) groups is 5. The van der Waals surface area contributed by atoms with Gasteiger partial charge in [0.1, 0.15) is 6.04 Å². The molecule has 0 aromatic heterocycles. The summed E-state index contributed by atoms with van der Waals surface area (Å²) in [7, 11) is 0. The van der Waals surface area contributed by atoms with Crippen LogP contribution in [0.2, 0.25) is 0 Å². The lowest BCUT2D eigenvalue weighted by Crippen LogP contribution is -2.48. The van der Waals surface area contributed by atoms with Crippen LogP contribution in [0.3, 0.4) is 0 Å². The van der Waals surface area contributed by atoms with E-state index in [-0.39, 0.29) is 19.3 Å². The molecule has 0 spiro atoms. The lowest BCUT2D eigenvalue weighted by atomic mass is 10.1. The smallest absolute Gasteiger partial charge is 0.345 e. The summed E-state index contributed by atoms with van der Waals surface area (Å²) < 4.78 is 4.75. The molecule has 11 heteroatoms. The second-order valence-corrected chi connectivity index (χ2v) is 6.06. The molecule has 5 N–H and O–H groups in total. The predicted octanol–water partition coefficient (Wildman–Crippen LogP) is -0.838. The Morgan fingerprint density at radius 2 is 1.68 bits per heavy atom. The van der Waals surface area contributed by atoms with Crippen LogP contribution in [0.4, 0.5) is 0 Å². The van der Waals surface area contributed by atoms with Crippen molar-refractivity contribution in [3.63, 3.8) is 0 Å². The highest BCUT2D eigenvalue weighted by Gasteiger charge is 2.33. The van der Waals surface area contributed by atoms with E-state index in [1.807, 2.05) is 0 Å². The maximum atomic E-state index is 11.9. The van der Waals surface area contributed by atoms with E-state index in [9.17, 15) is 24.0 Å². The molecule has 142 valence electrons. The molecule has 0 aromatic carbocycles. The van der Waals surface area contributed by atoms with Gasteiger partial charge in [-0.2, -0.15) is 0 Å². The Hall–Kier alpha value is -2.14. The van der Waals surface area contributed by atoms with Gasteiger partial charge in [-0.3, -0.25) is 14.4 Å². The molecule has 0 bridgehead atoms. The molecule has 0 rings (SSSR count). The zero-order chi connectivity index (χ0) is 19.7. The molecular formula is C14H22N2O8S. The van der Waals surface area contributed by atoms with Gasteiger partial charge in [0, 0.05) is 12.3 Å². The van der Waals surface area contributed by atoms with Crippen LogP contribution in [0.1, 0.15) is 33.1 Å². The molecule has 0 saturated carbocycles. The van der Waals surface area contributed by atoms with E-state index < -0.39 is 53.0 Å². The number of carbonyl (C=O) groups excluding carboxylic acids is 3. The minimum atomic E-state index is -1.76. The fraction of sp³-hybridized carbons (Fsp3) is 0.643. The van der Waals surface area contributed by atoms with Gasteiger partial charge in [-0.1, -0.05) is 13.8 Å². The van der Waals surface area contributed by atoms with Crippen molar-refractivity contribution in [3.05, 3.63) is 0 Å². The minimum Gasteiger partial charge on any atom is -0.480 e. The third-order valence-corrected chi connectivity index (χ3v) is 3.37. The van der Waals surface area contributed by atoms with Crippen LogP contribution >= 0.6 is 12.6 Å². The molecule has 0 aromatic rings. The number of nitrogens with two attached hydrogens (primary N) is 1. The van der Waals surface area contributed by atoms with Gasteiger partial charge in [-0.15, -0.1) is 12.6 Å². The number of hydrogen-bond acceptors (Lipinski definition) is 7. The third-order valence-electron chi connectivity index (χ3n) is 3.12. The van der Waals surface area contributed by atoms with Crippen LogP contribution in [-0.2, 0) is 28.7 Å². The number of rotatable bonds is 11. The summed E-state index contributed by atoms with van der Waals surface area (Å²) >= 11 is 3.48. The van der Waals surface area contributed by atoms with E-state index in [0.717, 1.165) is 0 Å². The summed E-state index contributed by atoms with van der Waals surface area (Å²) in [5.41, 5.74) is 5.28. The van der Waals surface area contributed by atoms with Gasteiger partial charge < -0.3 is 26.0 Å². The summed E-state index contributed by atoms with van der Waals surface area (Å²) in [6, 6.07) is -2.88. The van der Waals surface area contributed by atoms with E-state index in [0.29, 0.717) is 0 Å². The van der Waals surface area contributed by atoms with Crippen molar-refractivity contribution in [2.75, 3.05) is 0 Å². The number of esters is 1. The van der Waals surface area contributed by atoms with Crippen LogP contribution in [0.5, 0.6) is 0 Å². The fourth-order valence-corrected chi connectivity index (χ4v) is 1.90. The van der Waals surface area contributed by atoms with Crippen molar-refractivity contribution in [2.24, 2.45) is 11.7 Å². The number of aliphatic carboxylic acids is 2. The van der Waals surface area contributed by atoms with Gasteiger partial charge >= 0.3 is 17.9 Å². The minimum absolute atomic E-state index is 0.0289. The summed E-state index contributed by atoms with van der Waals surface area (Å²) in [5.74, 6) is -5.11. The Labute approximate surface area is 149 Å². The van der Waals surface area contributed by atoms with Crippen molar-refractivity contribution >= 4 is 41.6 Å². The number of amides is 1. The molecule has 3 atom stereocenters. The number of carboxylic acids is 2. The Bertz CT molecular complexity index is 537. The zero-order valence-corrected chi connectivity index (χ0v) is 14.7. The summed E-state index contributed by atoms with van der Waals surface area (Å²) in [4.78, 5) is 56.7. The molecule has 25 heavy (non-hydrogen) atoms. The van der Waals surface area contributed by atoms with Crippen molar-refractivity contribution in [2.45, 2.75) is 51.3 Å². The number of ether oxygens (including phenoxy) is 1. The highest BCUT2D eigenvalue weighted by molar-refractivity contribution is 7.96. The van der Waals surface area contributed by atoms with Crippen LogP contribution in [0.15, 0.2) is 0 Å². The molecule has 0 aliphatic carbocycles. The molecule has 0 fully saturated rings. The number of hydrogen-bond donors (Lipinski definition) is 5. The molecule has 0 aliphatic rings. The average molecular weight is 378 g/mol. The van der Waals surface area contributed by atoms with Crippen molar-refractivity contribution in [1.82, 2.24) is 5.32 Å². The largest absolute Gasteiger partial charge is 0.480 e. The second kappa shape index (κ2) is 10.7. The maximum Gasteiger partial charge on any atom is 0.345 e. The van der Waals surface area contributed by atoms with Crippen LogP contribution < -0.4 is 11.1 Å². The monoisotopic (exact) mass is 378 g/mol. The summed E-state index contributed by atoms with van der Waals surface area (Å²) in [5, 5.41) is 18.7. The van der Waals surface area contributed by atoms with Crippen molar-refractivity contribution in [1.29, 1.82) is 0 Å². The molecule has 0 heterocycles. The molecule has 0 aliphatic heterocycles. The normalized spacial score (nSPS) is 14.3. The van der Waals surface area contributed by atoms with Crippen LogP contribution in [0, 0.1) is 5.92 Å². The highest BCUT2D eigenvalue weighted by atomic mass is 32.1. The van der Waals surface area contributed by atoms with Gasteiger partial charge in [0.25, 0.3) is 0 Å². The number of thiol groups is 1. The van der Waals surface area contributed by atoms with E-state index in [2.05, 4.69) is 17.9 Å². The Morgan fingerprint density at radius 1 is 1.12 bits per heavy atom. The molecule has 3 unspecified atom stereocenters. The molecule has 0 radical (unpaired) electrons. The van der Waals surface area contributed by atoms with Crippen molar-refractivity contribution < 1.29 is 38.9 Å². The maximum absolute atomic E-state index is 11.9. The topological polar surface area (TPSA) is 173 Å². The third kappa shape index (κ3) is 8.49. The van der Waals surface area contributed by atoms with E-state index in [4.69, 9.17) is 20.7 Å². The van der Waals surface area contributed by atoms with Gasteiger partial charge in [0.15, 0.2) is 6.04 Å². The molecular weight excluding hydrogens is 356 g/mol. The molecule has 0 saturated heterocycles. The zero-order valence-electron chi connectivity index (χ0n) is 13.8. The Kier molecular flexibility index (Phi) is 9.76. The first-order valence-corrected chi connectivity index (χ1v) is 7.86. The quantitative estimate of drug-likeness (QED) is 0.174. The Morgan fingerprint density at radius 3 is 2.08 bits per heavy atom. The average Bonchev–Trinajstić information content (AvgIpc) is 2.48. The van der Waals surface area contributed by atoms with Gasteiger partial charge in [0.2, 0.25) is 17.1 Å². The van der Waals surface area contributed by atoms with Gasteiger partial charge in [-0.05, 0) is 12.8 Å². The SMILES string of the molecule is CC(C)C(OC(=O)C(NC(=O)CCCC(N)C(=O)O)C(=O)S)C(=O)O. The first-order valence-electron chi connectivity index (χ1n) is 7.41. The Balaban J connectivity index is 4.71. The molecule has 1 amide bonds. The summed E-state index contributed by atoms with van der Waals surface area (Å²) in [6.07, 6.45) is -1.52. The van der Waals surface area contributed by atoms with Crippen LogP contribution in [0.25, 0.3) is 0 Å². The lowest BCUT2D eigenvalue weighted by Gasteiger charge is -2.20. The second-order valence-electron chi connectivity index (χ2n) is 5.62. The first-order chi connectivity index (χ1) is 11.5. The van der Waals surface area contributed by atoms with E-state index in [1.165, 1.54) is 13.8 Å². The number of nitrogens with one attached hydrogen (secondary N) is 1. The van der Waals surface area contributed by atoms with Gasteiger partial charge in [-0.25, -0.2) is 9.59 Å². The van der Waals surface area contributed by atoms with Crippen LogP contribution in [-0.4, -0.2) is 57.3 Å². The molecule has 10 nitrogen and oxygen atoms in total. The van der Waals surface area contributed by atoms with Crippen molar-refractivity contribution in [3.8, 4) is 0 Å². The first kappa shape index (κ1) is 22.9. The lowest BCUT2D eigenvalue weighted by molar-refractivity contribution is -0.169. The predicted molar refractivity (Wildman–Crippen MR) is 87.7 cm³/mol. The number of carboxylic acid groups (broad SMARTS) is 2.